The second kappa shape index (κ2) is 6.42. The molecule has 0 unspecified atom stereocenters. The van der Waals surface area contributed by atoms with Gasteiger partial charge in [0.2, 0.25) is 0 Å². The number of nitrogens with zero attached hydrogens (tertiary/aromatic N) is 2. The summed E-state index contributed by atoms with van der Waals surface area (Å²) < 4.78 is 5.26. The number of nitrogens with one attached hydrogen (secondary N) is 1. The fourth-order valence-electron chi connectivity index (χ4n) is 2.74. The number of pyridine rings is 1. The largest absolute Gasteiger partial charge is 0.378 e. The average Bonchev–Trinajstić information content (AvgIpc) is 3.34. The van der Waals surface area contributed by atoms with Crippen LogP contribution in [-0.2, 0) is 4.74 Å². The van der Waals surface area contributed by atoms with Gasteiger partial charge in [-0.3, -0.25) is 4.79 Å². The van der Waals surface area contributed by atoms with Gasteiger partial charge in [-0.1, -0.05) is 18.5 Å². The minimum absolute atomic E-state index is 0.0310. The maximum atomic E-state index is 12.4. The van der Waals surface area contributed by atoms with E-state index in [0.717, 1.165) is 6.54 Å². The molecule has 1 aromatic rings. The normalized spacial score (nSPS) is 19.8. The second-order valence-corrected chi connectivity index (χ2v) is 6.57. The van der Waals surface area contributed by atoms with Gasteiger partial charge in [-0.15, -0.1) is 0 Å². The first-order chi connectivity index (χ1) is 10.6. The smallest absolute Gasteiger partial charge is 0.255 e. The van der Waals surface area contributed by atoms with Crippen LogP contribution in [0, 0.1) is 5.41 Å². The van der Waals surface area contributed by atoms with Crippen molar-refractivity contribution >= 4 is 23.3 Å². The van der Waals surface area contributed by atoms with Crippen molar-refractivity contribution in [3.05, 3.63) is 22.8 Å². The van der Waals surface area contributed by atoms with E-state index in [2.05, 4.69) is 17.2 Å². The van der Waals surface area contributed by atoms with Gasteiger partial charge in [0.1, 0.15) is 5.82 Å². The molecule has 1 saturated heterocycles. The summed E-state index contributed by atoms with van der Waals surface area (Å²) in [6.07, 6.45) is 5.31. The summed E-state index contributed by atoms with van der Waals surface area (Å²) in [5, 5.41) is 3.83. The first-order valence-electron chi connectivity index (χ1n) is 7.90. The molecule has 0 spiro atoms. The van der Waals surface area contributed by atoms with Gasteiger partial charge >= 0.3 is 0 Å². The number of aromatic nitrogens is 1. The molecular formula is C16H22ClN3O2. The molecule has 1 N–H and O–H groups in total. The van der Waals surface area contributed by atoms with E-state index in [1.807, 2.05) is 0 Å². The molecule has 2 aliphatic rings. The van der Waals surface area contributed by atoms with E-state index in [4.69, 9.17) is 16.3 Å². The van der Waals surface area contributed by atoms with Gasteiger partial charge in [0.15, 0.2) is 0 Å². The Kier molecular flexibility index (Phi) is 4.54. The Morgan fingerprint density at radius 2 is 2.18 bits per heavy atom. The molecule has 2 heterocycles. The highest BCUT2D eigenvalue weighted by molar-refractivity contribution is 6.33. The molecule has 1 aromatic heterocycles. The number of morpholine rings is 1. The summed E-state index contributed by atoms with van der Waals surface area (Å²) in [7, 11) is 0. The summed E-state index contributed by atoms with van der Waals surface area (Å²) >= 11 is 6.28. The Bertz CT molecular complexity index is 554. The third kappa shape index (κ3) is 3.36. The molecule has 0 atom stereocenters. The highest BCUT2D eigenvalue weighted by Gasteiger charge is 2.40. The average molecular weight is 324 g/mol. The zero-order chi connectivity index (χ0) is 15.6. The summed E-state index contributed by atoms with van der Waals surface area (Å²) in [6, 6.07) is 1.71. The van der Waals surface area contributed by atoms with Crippen LogP contribution in [0.3, 0.4) is 0 Å². The molecule has 0 radical (unpaired) electrons. The summed E-state index contributed by atoms with van der Waals surface area (Å²) in [5.41, 5.74) is 0.960. The van der Waals surface area contributed by atoms with Gasteiger partial charge in [-0.05, 0) is 30.7 Å². The summed E-state index contributed by atoms with van der Waals surface area (Å²) in [5.74, 6) is 0.636. The standard InChI is InChI=1S/C16H22ClN3O2/c1-2-16(3-4-16)11-19-14-13(17)9-12(10-18-14)15(21)20-5-7-22-8-6-20/h9-10H,2-8,11H2,1H3,(H,18,19). The van der Waals surface area contributed by atoms with Crippen molar-refractivity contribution in [3.63, 3.8) is 0 Å². The number of amides is 1. The van der Waals surface area contributed by atoms with Crippen LogP contribution in [0.4, 0.5) is 5.82 Å². The van der Waals surface area contributed by atoms with E-state index >= 15 is 0 Å². The molecule has 3 rings (SSSR count). The SMILES string of the molecule is CCC1(CNc2ncc(C(=O)N3CCOCC3)cc2Cl)CC1. The zero-order valence-corrected chi connectivity index (χ0v) is 13.7. The minimum Gasteiger partial charge on any atom is -0.378 e. The fraction of sp³-hybridized carbons (Fsp3) is 0.625. The van der Waals surface area contributed by atoms with E-state index in [1.54, 1.807) is 17.2 Å². The Morgan fingerprint density at radius 1 is 1.45 bits per heavy atom. The second-order valence-electron chi connectivity index (χ2n) is 6.17. The lowest BCUT2D eigenvalue weighted by Gasteiger charge is -2.26. The number of carbonyl (C=O) groups is 1. The van der Waals surface area contributed by atoms with Crippen molar-refractivity contribution in [1.29, 1.82) is 0 Å². The Morgan fingerprint density at radius 3 is 2.77 bits per heavy atom. The predicted octanol–water partition coefficient (Wildman–Crippen LogP) is 2.81. The molecule has 0 aromatic carbocycles. The maximum absolute atomic E-state index is 12.4. The van der Waals surface area contributed by atoms with Gasteiger partial charge < -0.3 is 15.0 Å². The number of carbonyl (C=O) groups excluding carboxylic acids is 1. The van der Waals surface area contributed by atoms with Gasteiger partial charge in [0.05, 0.1) is 23.8 Å². The van der Waals surface area contributed by atoms with Crippen LogP contribution in [0.15, 0.2) is 12.3 Å². The van der Waals surface area contributed by atoms with Crippen molar-refractivity contribution < 1.29 is 9.53 Å². The minimum atomic E-state index is -0.0310. The Hall–Kier alpha value is -1.33. The number of anilines is 1. The first-order valence-corrected chi connectivity index (χ1v) is 8.28. The van der Waals surface area contributed by atoms with Gasteiger partial charge in [0, 0.05) is 25.8 Å². The van der Waals surface area contributed by atoms with Gasteiger partial charge in [-0.2, -0.15) is 0 Å². The van der Waals surface area contributed by atoms with Gasteiger partial charge in [-0.25, -0.2) is 4.98 Å². The van der Waals surface area contributed by atoms with E-state index in [-0.39, 0.29) is 5.91 Å². The quantitative estimate of drug-likeness (QED) is 0.905. The van der Waals surface area contributed by atoms with Crippen molar-refractivity contribution in [1.82, 2.24) is 9.88 Å². The van der Waals surface area contributed by atoms with Crippen molar-refractivity contribution in [2.24, 2.45) is 5.41 Å². The molecule has 1 saturated carbocycles. The van der Waals surface area contributed by atoms with E-state index in [1.165, 1.54) is 19.3 Å². The molecule has 22 heavy (non-hydrogen) atoms. The molecule has 0 bridgehead atoms. The fourth-order valence-corrected chi connectivity index (χ4v) is 2.97. The number of ether oxygens (including phenoxy) is 1. The Balaban J connectivity index is 1.65. The molecule has 1 amide bonds. The molecule has 1 aliphatic carbocycles. The highest BCUT2D eigenvalue weighted by Crippen LogP contribution is 2.48. The summed E-state index contributed by atoms with van der Waals surface area (Å²) in [4.78, 5) is 18.5. The highest BCUT2D eigenvalue weighted by atomic mass is 35.5. The molecule has 120 valence electrons. The van der Waals surface area contributed by atoms with Crippen molar-refractivity contribution in [2.75, 3.05) is 38.2 Å². The number of hydrogen-bond donors (Lipinski definition) is 1. The van der Waals surface area contributed by atoms with Crippen LogP contribution >= 0.6 is 11.6 Å². The van der Waals surface area contributed by atoms with Crippen LogP contribution in [0.2, 0.25) is 5.02 Å². The Labute approximate surface area is 136 Å². The predicted molar refractivity (Wildman–Crippen MR) is 86.4 cm³/mol. The van der Waals surface area contributed by atoms with Crippen LogP contribution < -0.4 is 5.32 Å². The third-order valence-corrected chi connectivity index (χ3v) is 5.01. The van der Waals surface area contributed by atoms with E-state index in [9.17, 15) is 4.79 Å². The lowest BCUT2D eigenvalue weighted by molar-refractivity contribution is 0.0302. The first kappa shape index (κ1) is 15.6. The third-order valence-electron chi connectivity index (χ3n) is 4.72. The lowest BCUT2D eigenvalue weighted by Crippen LogP contribution is -2.40. The van der Waals surface area contributed by atoms with Crippen molar-refractivity contribution in [3.8, 4) is 0 Å². The number of hydrogen-bond acceptors (Lipinski definition) is 4. The molecular weight excluding hydrogens is 302 g/mol. The zero-order valence-electron chi connectivity index (χ0n) is 12.9. The van der Waals surface area contributed by atoms with Gasteiger partial charge in [0.25, 0.3) is 5.91 Å². The molecule has 5 nitrogen and oxygen atoms in total. The van der Waals surface area contributed by atoms with Crippen LogP contribution in [-0.4, -0.2) is 48.6 Å². The summed E-state index contributed by atoms with van der Waals surface area (Å²) in [6.45, 7) is 5.53. The van der Waals surface area contributed by atoms with Crippen LogP contribution in [0.1, 0.15) is 36.5 Å². The van der Waals surface area contributed by atoms with E-state index in [0.29, 0.717) is 48.1 Å². The number of halogens is 1. The number of rotatable bonds is 5. The van der Waals surface area contributed by atoms with Crippen LogP contribution in [0.25, 0.3) is 0 Å². The van der Waals surface area contributed by atoms with E-state index < -0.39 is 0 Å². The maximum Gasteiger partial charge on any atom is 0.255 e. The van der Waals surface area contributed by atoms with Crippen LogP contribution in [0.5, 0.6) is 0 Å². The molecule has 1 aliphatic heterocycles. The molecule has 2 fully saturated rings. The topological polar surface area (TPSA) is 54.5 Å². The molecule has 6 heteroatoms. The lowest BCUT2D eigenvalue weighted by atomic mass is 10.0. The monoisotopic (exact) mass is 323 g/mol. The van der Waals surface area contributed by atoms with Crippen molar-refractivity contribution in [2.45, 2.75) is 26.2 Å².